The summed E-state index contributed by atoms with van der Waals surface area (Å²) in [5, 5.41) is 18.9. The molecule has 0 amide bonds. The summed E-state index contributed by atoms with van der Waals surface area (Å²) >= 11 is 0. The molecule has 0 spiro atoms. The number of methoxy groups -OCH3 is 2. The van der Waals surface area contributed by atoms with Gasteiger partial charge in [-0.2, -0.15) is 0 Å². The third-order valence-corrected chi connectivity index (χ3v) is 5.22. The van der Waals surface area contributed by atoms with E-state index < -0.39 is 12.2 Å². The van der Waals surface area contributed by atoms with Crippen LogP contribution in [0.25, 0.3) is 0 Å². The van der Waals surface area contributed by atoms with Crippen LogP contribution in [0.3, 0.4) is 0 Å². The smallest absolute Gasteiger partial charge is 0.118 e. The normalized spacial score (nSPS) is 14.6. The van der Waals surface area contributed by atoms with Crippen LogP contribution in [0.4, 0.5) is 0 Å². The number of hydrogen-bond acceptors (Lipinski definition) is 6. The maximum absolute atomic E-state index is 9.61. The molecule has 6 heteroatoms. The Morgan fingerprint density at radius 1 is 0.735 bits per heavy atom. The lowest BCUT2D eigenvalue weighted by atomic mass is 10.0. The molecule has 2 aromatic carbocycles. The van der Waals surface area contributed by atoms with Gasteiger partial charge in [-0.25, -0.2) is 0 Å². The topological polar surface area (TPSA) is 77.4 Å². The molecule has 2 N–H and O–H groups in total. The van der Waals surface area contributed by atoms with Crippen molar-refractivity contribution in [1.82, 2.24) is 0 Å². The van der Waals surface area contributed by atoms with Gasteiger partial charge in [0, 0.05) is 5.92 Å². The van der Waals surface area contributed by atoms with Gasteiger partial charge in [-0.1, -0.05) is 50.3 Å². The van der Waals surface area contributed by atoms with E-state index in [4.69, 9.17) is 18.9 Å². The van der Waals surface area contributed by atoms with E-state index in [9.17, 15) is 10.2 Å². The molecule has 0 bridgehead atoms. The molecule has 0 aliphatic carbocycles. The Morgan fingerprint density at radius 3 is 1.56 bits per heavy atom. The lowest BCUT2D eigenvalue weighted by molar-refractivity contribution is -0.0338. The average Bonchev–Trinajstić information content (AvgIpc) is 2.85. The molecule has 6 nitrogen and oxygen atoms in total. The Kier molecular flexibility index (Phi) is 14.9. The highest BCUT2D eigenvalue weighted by atomic mass is 16.5. The molecule has 2 rings (SSSR count). The van der Waals surface area contributed by atoms with Gasteiger partial charge in [-0.15, -0.1) is 0 Å². The molecular formula is C28H42O6. The Morgan fingerprint density at radius 2 is 1.18 bits per heavy atom. The fourth-order valence-electron chi connectivity index (χ4n) is 3.13. The summed E-state index contributed by atoms with van der Waals surface area (Å²) in [4.78, 5) is 0. The van der Waals surface area contributed by atoms with Gasteiger partial charge in [-0.3, -0.25) is 0 Å². The first-order valence-corrected chi connectivity index (χ1v) is 11.7. The summed E-state index contributed by atoms with van der Waals surface area (Å²) in [7, 11) is 3.30. The van der Waals surface area contributed by atoms with Crippen molar-refractivity contribution in [2.75, 3.05) is 27.4 Å². The molecule has 0 fully saturated rings. The Bertz CT molecular complexity index is 786. The van der Waals surface area contributed by atoms with E-state index in [-0.39, 0.29) is 5.92 Å². The van der Waals surface area contributed by atoms with Crippen LogP contribution in [0.1, 0.15) is 38.8 Å². The van der Waals surface area contributed by atoms with Crippen LogP contribution in [0.5, 0.6) is 11.5 Å². The third-order valence-electron chi connectivity index (χ3n) is 5.22. The zero-order valence-electron chi connectivity index (χ0n) is 21.4. The quantitative estimate of drug-likeness (QED) is 0.397. The van der Waals surface area contributed by atoms with Crippen LogP contribution >= 0.6 is 0 Å². The van der Waals surface area contributed by atoms with Crippen molar-refractivity contribution in [3.8, 4) is 11.5 Å². The Labute approximate surface area is 205 Å². The summed E-state index contributed by atoms with van der Waals surface area (Å²) in [6.07, 6.45) is 2.72. The summed E-state index contributed by atoms with van der Waals surface area (Å²) < 4.78 is 21.3. The molecule has 2 unspecified atom stereocenters. The summed E-state index contributed by atoms with van der Waals surface area (Å²) in [6.45, 7) is 9.92. The van der Waals surface area contributed by atoms with Gasteiger partial charge in [0.15, 0.2) is 0 Å². The number of hydrogen-bond donors (Lipinski definition) is 2. The molecule has 34 heavy (non-hydrogen) atoms. The minimum atomic E-state index is -0.749. The predicted molar refractivity (Wildman–Crippen MR) is 136 cm³/mol. The molecule has 2 aromatic rings. The number of aliphatic hydroxyl groups is 2. The fourth-order valence-corrected chi connectivity index (χ4v) is 3.13. The number of aliphatic hydroxyl groups excluding tert-OH is 2. The second-order valence-corrected chi connectivity index (χ2v) is 8.44. The van der Waals surface area contributed by atoms with Crippen molar-refractivity contribution < 1.29 is 29.2 Å². The fraction of sp³-hybridized carbons (Fsp3) is 0.500. The largest absolute Gasteiger partial charge is 0.497 e. The summed E-state index contributed by atoms with van der Waals surface area (Å²) in [5.41, 5.74) is 2.23. The van der Waals surface area contributed by atoms with Crippen molar-refractivity contribution in [3.63, 3.8) is 0 Å². The molecule has 0 aromatic heterocycles. The van der Waals surface area contributed by atoms with Crippen LogP contribution in [-0.2, 0) is 22.7 Å². The van der Waals surface area contributed by atoms with Gasteiger partial charge in [-0.05, 0) is 55.2 Å². The monoisotopic (exact) mass is 474 g/mol. The van der Waals surface area contributed by atoms with Crippen molar-refractivity contribution in [2.24, 2.45) is 11.8 Å². The van der Waals surface area contributed by atoms with E-state index in [1.165, 1.54) is 5.56 Å². The number of benzene rings is 2. The van der Waals surface area contributed by atoms with E-state index in [1.54, 1.807) is 21.1 Å². The highest BCUT2D eigenvalue weighted by Crippen LogP contribution is 2.14. The average molecular weight is 475 g/mol. The van der Waals surface area contributed by atoms with E-state index >= 15 is 0 Å². The summed E-state index contributed by atoms with van der Waals surface area (Å²) in [6, 6.07) is 15.6. The molecule has 0 aliphatic heterocycles. The van der Waals surface area contributed by atoms with E-state index in [1.807, 2.05) is 62.4 Å². The molecular weight excluding hydrogens is 432 g/mol. The lowest BCUT2D eigenvalue weighted by Gasteiger charge is -2.21. The van der Waals surface area contributed by atoms with Crippen molar-refractivity contribution in [1.29, 1.82) is 0 Å². The maximum atomic E-state index is 9.61. The van der Waals surface area contributed by atoms with Crippen LogP contribution in [0, 0.1) is 11.8 Å². The van der Waals surface area contributed by atoms with Gasteiger partial charge in [0.1, 0.15) is 11.5 Å². The number of ether oxygens (including phenoxy) is 4. The molecule has 0 saturated carbocycles. The number of rotatable bonds is 13. The van der Waals surface area contributed by atoms with Gasteiger partial charge >= 0.3 is 0 Å². The predicted octanol–water partition coefficient (Wildman–Crippen LogP) is 5.01. The number of allylic oxidation sites excluding steroid dienone is 1. The lowest BCUT2D eigenvalue weighted by Crippen LogP contribution is -2.32. The molecule has 190 valence electrons. The standard InChI is InChI=1S/C14H22O4.C14H20O2/c1-10(14(16)11(2)15)8-18-9-12-4-6-13(17-3)7-5-12;1-4-5-12(2)10-16-11-13-6-8-14(15-3)9-7-13/h4-7,10-11,14-16H,8-9H2,1-3H3;4-9,12H,10-11H2,1-3H3/b;5-4+/t10-,11?,14?;12-/m01/s1. The Hall–Kier alpha value is -2.38. The molecule has 0 heterocycles. The second-order valence-electron chi connectivity index (χ2n) is 8.44. The van der Waals surface area contributed by atoms with E-state index in [2.05, 4.69) is 19.1 Å². The van der Waals surface area contributed by atoms with Gasteiger partial charge in [0.2, 0.25) is 0 Å². The molecule has 0 aliphatic rings. The highest BCUT2D eigenvalue weighted by molar-refractivity contribution is 5.27. The zero-order chi connectivity index (χ0) is 25.3. The van der Waals surface area contributed by atoms with Gasteiger partial charge < -0.3 is 29.2 Å². The van der Waals surface area contributed by atoms with Crippen LogP contribution in [0.15, 0.2) is 60.7 Å². The van der Waals surface area contributed by atoms with Crippen LogP contribution in [0.2, 0.25) is 0 Å². The molecule has 4 atom stereocenters. The van der Waals surface area contributed by atoms with Crippen molar-refractivity contribution in [2.45, 2.75) is 53.1 Å². The van der Waals surface area contributed by atoms with E-state index in [0.29, 0.717) is 25.7 Å². The van der Waals surface area contributed by atoms with Crippen LogP contribution < -0.4 is 9.47 Å². The molecule has 0 radical (unpaired) electrons. The first-order valence-electron chi connectivity index (χ1n) is 11.7. The molecule has 0 saturated heterocycles. The first-order chi connectivity index (χ1) is 16.3. The van der Waals surface area contributed by atoms with Crippen molar-refractivity contribution >= 4 is 0 Å². The maximum Gasteiger partial charge on any atom is 0.118 e. The van der Waals surface area contributed by atoms with Crippen molar-refractivity contribution in [3.05, 3.63) is 71.8 Å². The Balaban J connectivity index is 0.000000342. The van der Waals surface area contributed by atoms with E-state index in [0.717, 1.165) is 23.7 Å². The minimum Gasteiger partial charge on any atom is -0.497 e. The van der Waals surface area contributed by atoms with Gasteiger partial charge in [0.05, 0.1) is 52.9 Å². The van der Waals surface area contributed by atoms with Gasteiger partial charge in [0.25, 0.3) is 0 Å². The SMILES string of the molecule is C/C=C/[C@@H](C)COCc1ccc(OC)cc1.COc1ccc(COC[C@H](C)C(O)C(C)O)cc1. The van der Waals surface area contributed by atoms with Crippen LogP contribution in [-0.4, -0.2) is 49.9 Å². The third kappa shape index (κ3) is 12.2. The highest BCUT2D eigenvalue weighted by Gasteiger charge is 2.19. The zero-order valence-corrected chi connectivity index (χ0v) is 21.4. The minimum absolute atomic E-state index is 0.0942. The summed E-state index contributed by atoms with van der Waals surface area (Å²) in [5.74, 6) is 2.08. The first kappa shape index (κ1) is 29.7. The second kappa shape index (κ2) is 17.1.